The van der Waals surface area contributed by atoms with Crippen LogP contribution in [-0.4, -0.2) is 23.0 Å². The summed E-state index contributed by atoms with van der Waals surface area (Å²) in [4.78, 5) is 22.8. The number of carboxylic acids is 1. The van der Waals surface area contributed by atoms with Gasteiger partial charge in [0.2, 0.25) is 5.91 Å². The molecule has 104 valence electrons. The van der Waals surface area contributed by atoms with E-state index in [1.165, 1.54) is 5.56 Å². The van der Waals surface area contributed by atoms with Gasteiger partial charge >= 0.3 is 5.97 Å². The van der Waals surface area contributed by atoms with Crippen LogP contribution in [0.5, 0.6) is 0 Å². The third-order valence-electron chi connectivity index (χ3n) is 3.13. The van der Waals surface area contributed by atoms with Gasteiger partial charge < -0.3 is 10.4 Å². The van der Waals surface area contributed by atoms with Gasteiger partial charge in [-0.25, -0.2) is 4.79 Å². The van der Waals surface area contributed by atoms with Crippen LogP contribution < -0.4 is 5.32 Å². The normalized spacial score (nSPS) is 13.6. The van der Waals surface area contributed by atoms with Gasteiger partial charge in [0, 0.05) is 5.92 Å². The van der Waals surface area contributed by atoms with E-state index in [2.05, 4.69) is 5.32 Å². The number of amides is 1. The number of hydrogen-bond acceptors (Lipinski definition) is 2. The van der Waals surface area contributed by atoms with Gasteiger partial charge in [0.05, 0.1) is 0 Å². The maximum absolute atomic E-state index is 11.9. The highest BCUT2D eigenvalue weighted by Gasteiger charge is 2.21. The molecule has 1 aromatic carbocycles. The number of hydrogen-bond donors (Lipinski definition) is 2. The zero-order chi connectivity index (χ0) is 14.4. The molecule has 1 aromatic rings. The zero-order valence-electron chi connectivity index (χ0n) is 11.6. The summed E-state index contributed by atoms with van der Waals surface area (Å²) < 4.78 is 0. The molecule has 0 radical (unpaired) electrons. The number of benzene rings is 1. The Labute approximate surface area is 113 Å². The fraction of sp³-hybridized carbons (Fsp3) is 0.467. The van der Waals surface area contributed by atoms with E-state index in [0.29, 0.717) is 12.8 Å². The van der Waals surface area contributed by atoms with Crippen LogP contribution in [0.1, 0.15) is 31.4 Å². The molecule has 0 aliphatic carbocycles. The Bertz CT molecular complexity index is 439. The summed E-state index contributed by atoms with van der Waals surface area (Å²) in [7, 11) is 0. The van der Waals surface area contributed by atoms with E-state index in [9.17, 15) is 9.59 Å². The van der Waals surface area contributed by atoms with Crippen LogP contribution in [0.2, 0.25) is 0 Å². The van der Waals surface area contributed by atoms with Crippen molar-refractivity contribution in [2.75, 3.05) is 0 Å². The van der Waals surface area contributed by atoms with Crippen LogP contribution in [-0.2, 0) is 16.0 Å². The van der Waals surface area contributed by atoms with Crippen molar-refractivity contribution in [3.63, 3.8) is 0 Å². The lowest BCUT2D eigenvalue weighted by atomic mass is 9.99. The molecule has 0 fully saturated rings. The molecular formula is C15H21NO3. The SMILES string of the molecule is CCC(NC(=O)C(C)Cc1ccc(C)cc1)C(=O)O. The van der Waals surface area contributed by atoms with Crippen LogP contribution >= 0.6 is 0 Å². The maximum Gasteiger partial charge on any atom is 0.326 e. The highest BCUT2D eigenvalue weighted by Crippen LogP contribution is 2.10. The smallest absolute Gasteiger partial charge is 0.326 e. The van der Waals surface area contributed by atoms with E-state index in [-0.39, 0.29) is 11.8 Å². The molecule has 0 spiro atoms. The molecule has 2 atom stereocenters. The molecule has 0 bridgehead atoms. The summed E-state index contributed by atoms with van der Waals surface area (Å²) in [5.74, 6) is -1.44. The molecule has 19 heavy (non-hydrogen) atoms. The number of aryl methyl sites for hydroxylation is 1. The van der Waals surface area contributed by atoms with Gasteiger partial charge in [0.1, 0.15) is 6.04 Å². The van der Waals surface area contributed by atoms with Crippen LogP contribution in [0.3, 0.4) is 0 Å². The number of aliphatic carboxylic acids is 1. The van der Waals surface area contributed by atoms with E-state index >= 15 is 0 Å². The first-order chi connectivity index (χ1) is 8.93. The van der Waals surface area contributed by atoms with Gasteiger partial charge in [0.15, 0.2) is 0 Å². The monoisotopic (exact) mass is 263 g/mol. The van der Waals surface area contributed by atoms with Crippen molar-refractivity contribution < 1.29 is 14.7 Å². The van der Waals surface area contributed by atoms with Gasteiger partial charge in [-0.1, -0.05) is 43.7 Å². The highest BCUT2D eigenvalue weighted by atomic mass is 16.4. The average Bonchev–Trinajstić information content (AvgIpc) is 2.37. The summed E-state index contributed by atoms with van der Waals surface area (Å²) in [5.41, 5.74) is 2.26. The average molecular weight is 263 g/mol. The van der Waals surface area contributed by atoms with Crippen molar-refractivity contribution in [1.82, 2.24) is 5.32 Å². The quantitative estimate of drug-likeness (QED) is 0.826. The lowest BCUT2D eigenvalue weighted by molar-refractivity contribution is -0.142. The van der Waals surface area contributed by atoms with Crippen LogP contribution in [0, 0.1) is 12.8 Å². The summed E-state index contributed by atoms with van der Waals surface area (Å²) in [6.07, 6.45) is 1.00. The molecule has 0 saturated heterocycles. The van der Waals surface area contributed by atoms with E-state index in [0.717, 1.165) is 5.56 Å². The first-order valence-corrected chi connectivity index (χ1v) is 6.52. The number of carboxylic acid groups (broad SMARTS) is 1. The Kier molecular flexibility index (Phi) is 5.55. The molecule has 2 N–H and O–H groups in total. The molecule has 0 aromatic heterocycles. The number of rotatable bonds is 6. The van der Waals surface area contributed by atoms with Gasteiger partial charge in [0.25, 0.3) is 0 Å². The van der Waals surface area contributed by atoms with Gasteiger partial charge in [-0.3, -0.25) is 4.79 Å². The van der Waals surface area contributed by atoms with Crippen molar-refractivity contribution in [3.8, 4) is 0 Å². The largest absolute Gasteiger partial charge is 0.480 e. The van der Waals surface area contributed by atoms with Gasteiger partial charge in [-0.05, 0) is 25.3 Å². The van der Waals surface area contributed by atoms with Crippen molar-refractivity contribution in [2.24, 2.45) is 5.92 Å². The zero-order valence-corrected chi connectivity index (χ0v) is 11.6. The van der Waals surface area contributed by atoms with E-state index < -0.39 is 12.0 Å². The molecule has 0 aliphatic heterocycles. The van der Waals surface area contributed by atoms with Crippen molar-refractivity contribution in [3.05, 3.63) is 35.4 Å². The molecule has 0 heterocycles. The Balaban J connectivity index is 2.57. The predicted molar refractivity (Wildman–Crippen MR) is 73.9 cm³/mol. The summed E-state index contributed by atoms with van der Waals surface area (Å²) in [5, 5.41) is 11.5. The summed E-state index contributed by atoms with van der Waals surface area (Å²) in [6, 6.07) is 7.20. The Hall–Kier alpha value is -1.84. The second kappa shape index (κ2) is 6.92. The highest BCUT2D eigenvalue weighted by molar-refractivity contribution is 5.84. The fourth-order valence-electron chi connectivity index (χ4n) is 1.82. The predicted octanol–water partition coefficient (Wildman–Crippen LogP) is 2.15. The van der Waals surface area contributed by atoms with E-state index in [4.69, 9.17) is 5.11 Å². The first-order valence-electron chi connectivity index (χ1n) is 6.52. The number of nitrogens with one attached hydrogen (secondary N) is 1. The third kappa shape index (κ3) is 4.73. The minimum atomic E-state index is -0.988. The Morgan fingerprint density at radius 2 is 1.84 bits per heavy atom. The van der Waals surface area contributed by atoms with E-state index in [1.807, 2.05) is 38.1 Å². The molecule has 0 saturated carbocycles. The van der Waals surface area contributed by atoms with Crippen LogP contribution in [0.4, 0.5) is 0 Å². The lowest BCUT2D eigenvalue weighted by Gasteiger charge is -2.16. The van der Waals surface area contributed by atoms with Crippen LogP contribution in [0.15, 0.2) is 24.3 Å². The molecular weight excluding hydrogens is 242 g/mol. The minimum absolute atomic E-state index is 0.213. The molecule has 1 rings (SSSR count). The Morgan fingerprint density at radius 3 is 2.32 bits per heavy atom. The summed E-state index contributed by atoms with van der Waals surface area (Å²) >= 11 is 0. The molecule has 4 heteroatoms. The molecule has 4 nitrogen and oxygen atoms in total. The van der Waals surface area contributed by atoms with Gasteiger partial charge in [-0.2, -0.15) is 0 Å². The van der Waals surface area contributed by atoms with Crippen molar-refractivity contribution >= 4 is 11.9 Å². The fourth-order valence-corrected chi connectivity index (χ4v) is 1.82. The minimum Gasteiger partial charge on any atom is -0.480 e. The second-order valence-electron chi connectivity index (χ2n) is 4.90. The first kappa shape index (κ1) is 15.2. The topological polar surface area (TPSA) is 66.4 Å². The van der Waals surface area contributed by atoms with Crippen molar-refractivity contribution in [1.29, 1.82) is 0 Å². The molecule has 2 unspecified atom stereocenters. The summed E-state index contributed by atoms with van der Waals surface area (Å²) in [6.45, 7) is 5.56. The third-order valence-corrected chi connectivity index (χ3v) is 3.13. The number of carbonyl (C=O) groups is 2. The Morgan fingerprint density at radius 1 is 1.26 bits per heavy atom. The standard InChI is InChI=1S/C15H21NO3/c1-4-13(15(18)19)16-14(17)11(3)9-12-7-5-10(2)6-8-12/h5-8,11,13H,4,9H2,1-3H3,(H,16,17)(H,18,19). The van der Waals surface area contributed by atoms with Gasteiger partial charge in [-0.15, -0.1) is 0 Å². The maximum atomic E-state index is 11.9. The number of carbonyl (C=O) groups excluding carboxylic acids is 1. The van der Waals surface area contributed by atoms with Crippen molar-refractivity contribution in [2.45, 2.75) is 39.7 Å². The molecule has 0 aliphatic rings. The molecule has 1 amide bonds. The lowest BCUT2D eigenvalue weighted by Crippen LogP contribution is -2.43. The van der Waals surface area contributed by atoms with Crippen LogP contribution in [0.25, 0.3) is 0 Å². The van der Waals surface area contributed by atoms with E-state index in [1.54, 1.807) is 6.92 Å². The second-order valence-corrected chi connectivity index (χ2v) is 4.90.